The van der Waals surface area contributed by atoms with Crippen LogP contribution in [0.2, 0.25) is 0 Å². The van der Waals surface area contributed by atoms with Crippen LogP contribution in [-0.4, -0.2) is 48.1 Å². The molecule has 2 saturated heterocycles. The molecule has 0 aromatic heterocycles. The van der Waals surface area contributed by atoms with E-state index in [2.05, 4.69) is 37.5 Å². The fourth-order valence-electron chi connectivity index (χ4n) is 3.12. The first kappa shape index (κ1) is 15.0. The van der Waals surface area contributed by atoms with E-state index in [1.165, 1.54) is 32.6 Å². The van der Waals surface area contributed by atoms with Gasteiger partial charge < -0.3 is 9.80 Å². The van der Waals surface area contributed by atoms with Crippen LogP contribution in [0.4, 0.5) is 0 Å². The highest BCUT2D eigenvalue weighted by molar-refractivity contribution is 4.91. The van der Waals surface area contributed by atoms with E-state index in [0.29, 0.717) is 0 Å². The van der Waals surface area contributed by atoms with Gasteiger partial charge in [-0.1, -0.05) is 13.8 Å². The Balaban J connectivity index is 0.000000686. The van der Waals surface area contributed by atoms with Crippen LogP contribution in [0, 0.1) is 11.8 Å². The summed E-state index contributed by atoms with van der Waals surface area (Å²) in [6.07, 6.45) is 1.42. The molecule has 2 aliphatic heterocycles. The molecule has 2 unspecified atom stereocenters. The standard InChI is InChI=1S/C13H26N2.C2H6/c1-10(2)14-6-5-12-7-15(11(3)4)9-13(12)8-14;1-2/h10-13H,5-9H2,1-4H3;1-2H3. The Morgan fingerprint density at radius 2 is 1.24 bits per heavy atom. The maximum Gasteiger partial charge on any atom is 0.00388 e. The number of likely N-dealkylation sites (tertiary alicyclic amines) is 2. The lowest BCUT2D eigenvalue weighted by molar-refractivity contribution is 0.118. The molecule has 17 heavy (non-hydrogen) atoms. The van der Waals surface area contributed by atoms with Gasteiger partial charge in [-0.2, -0.15) is 0 Å². The third kappa shape index (κ3) is 3.69. The Labute approximate surface area is 108 Å². The molecule has 0 spiro atoms. The molecule has 2 rings (SSSR count). The SMILES string of the molecule is CC.CC(C)N1CCC2CN(C(C)C)CC2C1. The van der Waals surface area contributed by atoms with Crippen LogP contribution in [0.1, 0.15) is 48.0 Å². The van der Waals surface area contributed by atoms with Crippen molar-refractivity contribution in [3.63, 3.8) is 0 Å². The summed E-state index contributed by atoms with van der Waals surface area (Å²) in [5, 5.41) is 0. The van der Waals surface area contributed by atoms with E-state index in [1.54, 1.807) is 0 Å². The second-order valence-electron chi connectivity index (χ2n) is 5.95. The van der Waals surface area contributed by atoms with Gasteiger partial charge >= 0.3 is 0 Å². The monoisotopic (exact) mass is 240 g/mol. The van der Waals surface area contributed by atoms with Gasteiger partial charge in [0.15, 0.2) is 0 Å². The molecule has 102 valence electrons. The van der Waals surface area contributed by atoms with Gasteiger partial charge in [-0.15, -0.1) is 0 Å². The molecule has 0 amide bonds. The second kappa shape index (κ2) is 6.75. The summed E-state index contributed by atoms with van der Waals surface area (Å²) in [7, 11) is 0. The minimum absolute atomic E-state index is 0.735. The summed E-state index contributed by atoms with van der Waals surface area (Å²) in [5.74, 6) is 1.94. The number of fused-ring (bicyclic) bond motifs is 1. The minimum atomic E-state index is 0.735. The molecule has 0 radical (unpaired) electrons. The van der Waals surface area contributed by atoms with E-state index in [-0.39, 0.29) is 0 Å². The van der Waals surface area contributed by atoms with Crippen molar-refractivity contribution in [1.29, 1.82) is 0 Å². The van der Waals surface area contributed by atoms with Gasteiger partial charge in [-0.05, 0) is 52.5 Å². The molecule has 2 aliphatic rings. The molecule has 2 heterocycles. The number of nitrogens with zero attached hydrogens (tertiary/aromatic N) is 2. The van der Waals surface area contributed by atoms with Crippen LogP contribution in [0.25, 0.3) is 0 Å². The average molecular weight is 240 g/mol. The predicted octanol–water partition coefficient (Wildman–Crippen LogP) is 3.08. The predicted molar refractivity (Wildman–Crippen MR) is 76.4 cm³/mol. The van der Waals surface area contributed by atoms with E-state index < -0.39 is 0 Å². The van der Waals surface area contributed by atoms with Crippen molar-refractivity contribution in [1.82, 2.24) is 9.80 Å². The van der Waals surface area contributed by atoms with Crippen LogP contribution in [0.3, 0.4) is 0 Å². The summed E-state index contributed by atoms with van der Waals surface area (Å²) < 4.78 is 0. The smallest absolute Gasteiger partial charge is 0.00388 e. The zero-order valence-electron chi connectivity index (χ0n) is 12.7. The van der Waals surface area contributed by atoms with Gasteiger partial charge in [-0.3, -0.25) is 0 Å². The molecule has 0 aromatic rings. The van der Waals surface area contributed by atoms with Crippen molar-refractivity contribution in [2.75, 3.05) is 26.2 Å². The Morgan fingerprint density at radius 1 is 0.765 bits per heavy atom. The zero-order valence-corrected chi connectivity index (χ0v) is 12.7. The first-order valence-corrected chi connectivity index (χ1v) is 7.56. The fraction of sp³-hybridized carbons (Fsp3) is 1.00. The Kier molecular flexibility index (Phi) is 5.94. The Bertz CT molecular complexity index is 207. The van der Waals surface area contributed by atoms with Crippen LogP contribution in [-0.2, 0) is 0 Å². The molecule has 0 N–H and O–H groups in total. The second-order valence-corrected chi connectivity index (χ2v) is 5.95. The van der Waals surface area contributed by atoms with E-state index in [0.717, 1.165) is 23.9 Å². The third-order valence-electron chi connectivity index (χ3n) is 4.32. The van der Waals surface area contributed by atoms with Crippen molar-refractivity contribution in [3.05, 3.63) is 0 Å². The van der Waals surface area contributed by atoms with Crippen LogP contribution in [0.15, 0.2) is 0 Å². The lowest BCUT2D eigenvalue weighted by Gasteiger charge is -2.36. The molecular weight excluding hydrogens is 208 g/mol. The first-order chi connectivity index (χ1) is 8.08. The fourth-order valence-corrected chi connectivity index (χ4v) is 3.12. The third-order valence-corrected chi connectivity index (χ3v) is 4.32. The van der Waals surface area contributed by atoms with Crippen molar-refractivity contribution in [3.8, 4) is 0 Å². The normalized spacial score (nSPS) is 30.4. The van der Waals surface area contributed by atoms with Crippen LogP contribution < -0.4 is 0 Å². The minimum Gasteiger partial charge on any atom is -0.301 e. The van der Waals surface area contributed by atoms with E-state index in [9.17, 15) is 0 Å². The van der Waals surface area contributed by atoms with Crippen molar-refractivity contribution in [2.24, 2.45) is 11.8 Å². The number of hydrogen-bond acceptors (Lipinski definition) is 2. The molecule has 2 fully saturated rings. The summed E-state index contributed by atoms with van der Waals surface area (Å²) in [6.45, 7) is 18.7. The molecule has 2 atom stereocenters. The number of piperidine rings is 1. The Morgan fingerprint density at radius 3 is 1.76 bits per heavy atom. The highest BCUT2D eigenvalue weighted by Gasteiger charge is 2.37. The number of hydrogen-bond donors (Lipinski definition) is 0. The molecule has 2 nitrogen and oxygen atoms in total. The summed E-state index contributed by atoms with van der Waals surface area (Å²) in [4.78, 5) is 5.32. The highest BCUT2D eigenvalue weighted by Crippen LogP contribution is 2.32. The lowest BCUT2D eigenvalue weighted by Crippen LogP contribution is -2.43. The lowest BCUT2D eigenvalue weighted by atomic mass is 9.88. The van der Waals surface area contributed by atoms with E-state index in [1.807, 2.05) is 13.8 Å². The van der Waals surface area contributed by atoms with Gasteiger partial charge in [0, 0.05) is 31.7 Å². The average Bonchev–Trinajstić information content (AvgIpc) is 2.74. The van der Waals surface area contributed by atoms with Crippen molar-refractivity contribution < 1.29 is 0 Å². The molecule has 0 aromatic carbocycles. The summed E-state index contributed by atoms with van der Waals surface area (Å²) >= 11 is 0. The topological polar surface area (TPSA) is 6.48 Å². The van der Waals surface area contributed by atoms with E-state index in [4.69, 9.17) is 0 Å². The largest absolute Gasteiger partial charge is 0.301 e. The maximum atomic E-state index is 2.67. The van der Waals surface area contributed by atoms with Gasteiger partial charge in [0.1, 0.15) is 0 Å². The van der Waals surface area contributed by atoms with Gasteiger partial charge in [0.25, 0.3) is 0 Å². The molecule has 0 bridgehead atoms. The highest BCUT2D eigenvalue weighted by atomic mass is 15.2. The first-order valence-electron chi connectivity index (χ1n) is 7.56. The van der Waals surface area contributed by atoms with Crippen molar-refractivity contribution >= 4 is 0 Å². The maximum absolute atomic E-state index is 2.67. The van der Waals surface area contributed by atoms with Crippen molar-refractivity contribution in [2.45, 2.75) is 60.0 Å². The molecular formula is C15H32N2. The zero-order chi connectivity index (χ0) is 13.0. The summed E-state index contributed by atoms with van der Waals surface area (Å²) in [6, 6.07) is 1.47. The van der Waals surface area contributed by atoms with Gasteiger partial charge in [0.2, 0.25) is 0 Å². The van der Waals surface area contributed by atoms with Gasteiger partial charge in [0.05, 0.1) is 0 Å². The van der Waals surface area contributed by atoms with Crippen LogP contribution >= 0.6 is 0 Å². The van der Waals surface area contributed by atoms with Gasteiger partial charge in [-0.25, -0.2) is 0 Å². The molecule has 0 aliphatic carbocycles. The summed E-state index contributed by atoms with van der Waals surface area (Å²) in [5.41, 5.74) is 0. The molecule has 2 heteroatoms. The van der Waals surface area contributed by atoms with Crippen LogP contribution in [0.5, 0.6) is 0 Å². The number of rotatable bonds is 2. The molecule has 0 saturated carbocycles. The van der Waals surface area contributed by atoms with E-state index >= 15 is 0 Å². The Hall–Kier alpha value is -0.0800. The quantitative estimate of drug-likeness (QED) is 0.732.